The molecule has 21 heavy (non-hydrogen) atoms. The highest BCUT2D eigenvalue weighted by atomic mass is 32.2. The second-order valence-corrected chi connectivity index (χ2v) is 7.89. The highest BCUT2D eigenvalue weighted by molar-refractivity contribution is 7.99. The van der Waals surface area contributed by atoms with Gasteiger partial charge in [0.15, 0.2) is 0 Å². The molecule has 0 aliphatic carbocycles. The van der Waals surface area contributed by atoms with E-state index < -0.39 is 0 Å². The first-order valence-electron chi connectivity index (χ1n) is 8.01. The van der Waals surface area contributed by atoms with E-state index >= 15 is 0 Å². The molecule has 1 aromatic heterocycles. The van der Waals surface area contributed by atoms with E-state index in [9.17, 15) is 0 Å². The summed E-state index contributed by atoms with van der Waals surface area (Å²) >= 11 is 2.05. The van der Waals surface area contributed by atoms with Gasteiger partial charge < -0.3 is 4.90 Å². The third kappa shape index (κ3) is 5.15. The van der Waals surface area contributed by atoms with E-state index in [1.165, 1.54) is 24.4 Å². The minimum atomic E-state index is 0.377. The van der Waals surface area contributed by atoms with Gasteiger partial charge in [0.25, 0.3) is 0 Å². The molecule has 1 aliphatic rings. The molecule has 118 valence electrons. The Hall–Kier alpha value is -0.810. The van der Waals surface area contributed by atoms with Gasteiger partial charge in [-0.2, -0.15) is 11.8 Å². The Morgan fingerprint density at radius 1 is 1.24 bits per heavy atom. The Balaban J connectivity index is 1.86. The number of rotatable bonds is 6. The summed E-state index contributed by atoms with van der Waals surface area (Å²) < 4.78 is 1.94. The number of hydrogen-bond donors (Lipinski definition) is 0. The van der Waals surface area contributed by atoms with Crippen molar-refractivity contribution in [3.05, 3.63) is 18.0 Å². The molecule has 0 saturated carbocycles. The van der Waals surface area contributed by atoms with Gasteiger partial charge in [0.2, 0.25) is 0 Å². The van der Waals surface area contributed by atoms with Crippen molar-refractivity contribution in [2.75, 3.05) is 25.4 Å². The zero-order valence-corrected chi connectivity index (χ0v) is 14.6. The highest BCUT2D eigenvalue weighted by Crippen LogP contribution is 2.21. The fourth-order valence-electron chi connectivity index (χ4n) is 2.46. The average molecular weight is 308 g/mol. The van der Waals surface area contributed by atoms with Crippen LogP contribution in [0.3, 0.4) is 0 Å². The largest absolute Gasteiger partial charge is 0.302 e. The van der Waals surface area contributed by atoms with Crippen molar-refractivity contribution in [3.8, 4) is 0 Å². The van der Waals surface area contributed by atoms with Crippen LogP contribution in [0.15, 0.2) is 12.3 Å². The summed E-state index contributed by atoms with van der Waals surface area (Å²) in [5.41, 5.74) is 2.42. The number of hydrogen-bond acceptors (Lipinski definition) is 4. The predicted molar refractivity (Wildman–Crippen MR) is 91.7 cm³/mol. The van der Waals surface area contributed by atoms with E-state index in [0.29, 0.717) is 6.04 Å². The first-order chi connectivity index (χ1) is 10.1. The van der Waals surface area contributed by atoms with E-state index in [1.807, 2.05) is 4.68 Å². The van der Waals surface area contributed by atoms with Crippen molar-refractivity contribution >= 4 is 17.3 Å². The first kappa shape index (κ1) is 16.6. The smallest absolute Gasteiger partial charge is 0.108 e. The number of aromatic nitrogens is 3. The second-order valence-electron chi connectivity index (χ2n) is 6.21. The third-order valence-electron chi connectivity index (χ3n) is 3.76. The van der Waals surface area contributed by atoms with Crippen molar-refractivity contribution in [1.82, 2.24) is 19.9 Å². The van der Waals surface area contributed by atoms with E-state index in [4.69, 9.17) is 0 Å². The Bertz CT molecular complexity index is 465. The molecule has 5 heteroatoms. The van der Waals surface area contributed by atoms with Gasteiger partial charge in [-0.25, -0.2) is 4.68 Å². The van der Waals surface area contributed by atoms with Crippen molar-refractivity contribution in [3.63, 3.8) is 0 Å². The van der Waals surface area contributed by atoms with Crippen LogP contribution < -0.4 is 0 Å². The SMILES string of the molecule is CC(C)SCCN1CCC=C(c2cn(C(C)C)nn2)CC1. The van der Waals surface area contributed by atoms with Crippen molar-refractivity contribution in [2.45, 2.75) is 51.8 Å². The van der Waals surface area contributed by atoms with Crippen LogP contribution in [0.2, 0.25) is 0 Å². The first-order valence-corrected chi connectivity index (χ1v) is 9.06. The molecular weight excluding hydrogens is 280 g/mol. The molecule has 0 spiro atoms. The molecule has 0 N–H and O–H groups in total. The number of thioether (sulfide) groups is 1. The van der Waals surface area contributed by atoms with Gasteiger partial charge in [-0.05, 0) is 37.5 Å². The second kappa shape index (κ2) is 7.99. The zero-order chi connectivity index (χ0) is 15.2. The van der Waals surface area contributed by atoms with E-state index in [2.05, 4.69) is 66.9 Å². The lowest BCUT2D eigenvalue weighted by Crippen LogP contribution is -2.27. The summed E-state index contributed by atoms with van der Waals surface area (Å²) in [4.78, 5) is 2.58. The Morgan fingerprint density at radius 2 is 2.05 bits per heavy atom. The summed E-state index contributed by atoms with van der Waals surface area (Å²) in [5, 5.41) is 9.29. The fraction of sp³-hybridized carbons (Fsp3) is 0.750. The molecule has 0 amide bonds. The van der Waals surface area contributed by atoms with Crippen LogP contribution in [0.25, 0.3) is 5.57 Å². The van der Waals surface area contributed by atoms with Gasteiger partial charge >= 0.3 is 0 Å². The molecule has 0 radical (unpaired) electrons. The molecule has 1 aliphatic heterocycles. The summed E-state index contributed by atoms with van der Waals surface area (Å²) in [6.07, 6.45) is 6.64. The van der Waals surface area contributed by atoms with Crippen LogP contribution in [0, 0.1) is 0 Å². The van der Waals surface area contributed by atoms with Crippen LogP contribution in [-0.4, -0.2) is 50.5 Å². The van der Waals surface area contributed by atoms with Crippen molar-refractivity contribution < 1.29 is 0 Å². The van der Waals surface area contributed by atoms with Gasteiger partial charge in [-0.15, -0.1) is 5.10 Å². The fourth-order valence-corrected chi connectivity index (χ4v) is 3.30. The Kier molecular flexibility index (Phi) is 6.30. The molecule has 0 unspecified atom stereocenters. The Labute approximate surface area is 133 Å². The lowest BCUT2D eigenvalue weighted by atomic mass is 10.1. The standard InChI is InChI=1S/C16H28N4S/c1-13(2)20-12-16(17-18-20)15-6-5-8-19(9-7-15)10-11-21-14(3)4/h6,12-14H,5,7-11H2,1-4H3. The van der Waals surface area contributed by atoms with E-state index in [-0.39, 0.29) is 0 Å². The number of nitrogens with zero attached hydrogens (tertiary/aromatic N) is 4. The Morgan fingerprint density at radius 3 is 2.71 bits per heavy atom. The van der Waals surface area contributed by atoms with Crippen LogP contribution in [0.4, 0.5) is 0 Å². The molecular formula is C16H28N4S. The molecule has 0 aromatic carbocycles. The minimum Gasteiger partial charge on any atom is -0.302 e. The molecule has 1 aromatic rings. The minimum absolute atomic E-state index is 0.377. The highest BCUT2D eigenvalue weighted by Gasteiger charge is 2.14. The zero-order valence-electron chi connectivity index (χ0n) is 13.7. The van der Waals surface area contributed by atoms with E-state index in [1.54, 1.807) is 0 Å². The maximum Gasteiger partial charge on any atom is 0.108 e. The molecule has 0 bridgehead atoms. The van der Waals surface area contributed by atoms with Gasteiger partial charge in [0.1, 0.15) is 5.69 Å². The van der Waals surface area contributed by atoms with Crippen LogP contribution >= 0.6 is 11.8 Å². The third-order valence-corrected chi connectivity index (χ3v) is 4.85. The predicted octanol–water partition coefficient (Wildman–Crippen LogP) is 3.48. The van der Waals surface area contributed by atoms with Gasteiger partial charge in [-0.1, -0.05) is 25.1 Å². The van der Waals surface area contributed by atoms with Gasteiger partial charge in [0.05, 0.1) is 6.20 Å². The molecule has 0 saturated heterocycles. The van der Waals surface area contributed by atoms with Crippen LogP contribution in [0.1, 0.15) is 52.3 Å². The van der Waals surface area contributed by atoms with Crippen molar-refractivity contribution in [2.24, 2.45) is 0 Å². The maximum atomic E-state index is 4.34. The van der Waals surface area contributed by atoms with Crippen LogP contribution in [0.5, 0.6) is 0 Å². The lowest BCUT2D eigenvalue weighted by molar-refractivity contribution is 0.308. The van der Waals surface area contributed by atoms with Gasteiger partial charge in [-0.3, -0.25) is 0 Å². The normalized spacial score (nSPS) is 17.3. The van der Waals surface area contributed by atoms with Gasteiger partial charge in [0, 0.05) is 31.4 Å². The molecule has 4 nitrogen and oxygen atoms in total. The van der Waals surface area contributed by atoms with Crippen LogP contribution in [-0.2, 0) is 0 Å². The molecule has 0 fully saturated rings. The lowest BCUT2D eigenvalue weighted by Gasteiger charge is -2.20. The summed E-state index contributed by atoms with van der Waals surface area (Å²) in [6, 6.07) is 0.377. The molecule has 0 atom stereocenters. The van der Waals surface area contributed by atoms with E-state index in [0.717, 1.165) is 30.3 Å². The van der Waals surface area contributed by atoms with Crippen molar-refractivity contribution in [1.29, 1.82) is 0 Å². The maximum absolute atomic E-state index is 4.34. The molecule has 2 heterocycles. The summed E-state index contributed by atoms with van der Waals surface area (Å²) in [5.74, 6) is 1.23. The topological polar surface area (TPSA) is 34.0 Å². The monoisotopic (exact) mass is 308 g/mol. The molecule has 2 rings (SSSR count). The quantitative estimate of drug-likeness (QED) is 0.806. The summed E-state index contributed by atoms with van der Waals surface area (Å²) in [7, 11) is 0. The average Bonchev–Trinajstić information content (AvgIpc) is 2.80. The summed E-state index contributed by atoms with van der Waals surface area (Å²) in [6.45, 7) is 12.3.